The molecule has 0 spiro atoms. The SMILES string of the molecule is CCC(NC(=O)N1CCN(CC(C)(C)O)C(C)C1)c1ccncc1. The largest absolute Gasteiger partial charge is 0.389 e. The lowest BCUT2D eigenvalue weighted by Crippen LogP contribution is -2.58. The highest BCUT2D eigenvalue weighted by molar-refractivity contribution is 5.75. The van der Waals surface area contributed by atoms with Crippen LogP contribution in [0.1, 0.15) is 45.7 Å². The number of nitrogens with zero attached hydrogens (tertiary/aromatic N) is 3. The average Bonchev–Trinajstić information content (AvgIpc) is 2.54. The van der Waals surface area contributed by atoms with Gasteiger partial charge in [-0.25, -0.2) is 4.79 Å². The molecule has 1 aromatic rings. The van der Waals surface area contributed by atoms with E-state index in [9.17, 15) is 9.90 Å². The second-order valence-corrected chi connectivity index (χ2v) is 7.27. The molecule has 24 heavy (non-hydrogen) atoms. The van der Waals surface area contributed by atoms with E-state index in [4.69, 9.17) is 0 Å². The molecule has 6 nitrogen and oxygen atoms in total. The van der Waals surface area contributed by atoms with Gasteiger partial charge in [0.1, 0.15) is 0 Å². The quantitative estimate of drug-likeness (QED) is 0.864. The van der Waals surface area contributed by atoms with E-state index in [0.29, 0.717) is 19.6 Å². The number of aliphatic hydroxyl groups is 1. The maximum Gasteiger partial charge on any atom is 0.317 e. The summed E-state index contributed by atoms with van der Waals surface area (Å²) < 4.78 is 0. The van der Waals surface area contributed by atoms with E-state index in [1.807, 2.05) is 30.9 Å². The summed E-state index contributed by atoms with van der Waals surface area (Å²) in [6.07, 6.45) is 4.34. The van der Waals surface area contributed by atoms with Gasteiger partial charge < -0.3 is 15.3 Å². The summed E-state index contributed by atoms with van der Waals surface area (Å²) in [5.41, 5.74) is 0.363. The van der Waals surface area contributed by atoms with Crippen LogP contribution in [0.3, 0.4) is 0 Å². The monoisotopic (exact) mass is 334 g/mol. The number of pyridine rings is 1. The first-order valence-electron chi connectivity index (χ1n) is 8.72. The number of carbonyl (C=O) groups is 1. The van der Waals surface area contributed by atoms with Crippen molar-refractivity contribution in [1.29, 1.82) is 0 Å². The van der Waals surface area contributed by atoms with Crippen molar-refractivity contribution >= 4 is 6.03 Å². The zero-order valence-electron chi connectivity index (χ0n) is 15.2. The van der Waals surface area contributed by atoms with Crippen LogP contribution in [-0.2, 0) is 0 Å². The number of carbonyl (C=O) groups excluding carboxylic acids is 1. The van der Waals surface area contributed by atoms with Crippen LogP contribution in [0.2, 0.25) is 0 Å². The summed E-state index contributed by atoms with van der Waals surface area (Å²) in [5.74, 6) is 0. The van der Waals surface area contributed by atoms with Gasteiger partial charge in [0.25, 0.3) is 0 Å². The van der Waals surface area contributed by atoms with E-state index in [1.54, 1.807) is 12.4 Å². The van der Waals surface area contributed by atoms with Crippen LogP contribution in [0.25, 0.3) is 0 Å². The lowest BCUT2D eigenvalue weighted by molar-refractivity contribution is 0.00275. The Kier molecular flexibility index (Phi) is 6.18. The second kappa shape index (κ2) is 7.94. The number of hydrogen-bond acceptors (Lipinski definition) is 4. The zero-order chi connectivity index (χ0) is 17.7. The Morgan fingerprint density at radius 2 is 2.08 bits per heavy atom. The average molecular weight is 334 g/mol. The van der Waals surface area contributed by atoms with E-state index >= 15 is 0 Å². The Morgan fingerprint density at radius 1 is 1.42 bits per heavy atom. The third-order valence-corrected chi connectivity index (χ3v) is 4.46. The van der Waals surface area contributed by atoms with Gasteiger partial charge in [0, 0.05) is 44.6 Å². The number of nitrogens with one attached hydrogen (secondary N) is 1. The van der Waals surface area contributed by atoms with Crippen molar-refractivity contribution < 1.29 is 9.90 Å². The third-order valence-electron chi connectivity index (χ3n) is 4.46. The zero-order valence-corrected chi connectivity index (χ0v) is 15.2. The number of urea groups is 1. The van der Waals surface area contributed by atoms with Gasteiger partial charge in [-0.2, -0.15) is 0 Å². The fourth-order valence-electron chi connectivity index (χ4n) is 3.17. The maximum atomic E-state index is 12.6. The van der Waals surface area contributed by atoms with Gasteiger partial charge in [-0.1, -0.05) is 6.92 Å². The highest BCUT2D eigenvalue weighted by Gasteiger charge is 2.30. The number of piperazine rings is 1. The highest BCUT2D eigenvalue weighted by Crippen LogP contribution is 2.18. The number of rotatable bonds is 5. The molecule has 2 unspecified atom stereocenters. The minimum atomic E-state index is -0.715. The summed E-state index contributed by atoms with van der Waals surface area (Å²) in [6, 6.07) is 4.10. The molecule has 2 atom stereocenters. The van der Waals surface area contributed by atoms with Crippen LogP contribution in [0, 0.1) is 0 Å². The Bertz CT molecular complexity index is 530. The molecule has 1 aliphatic heterocycles. The maximum absolute atomic E-state index is 12.6. The van der Waals surface area contributed by atoms with Crippen LogP contribution < -0.4 is 5.32 Å². The Balaban J connectivity index is 1.92. The fourth-order valence-corrected chi connectivity index (χ4v) is 3.17. The van der Waals surface area contributed by atoms with E-state index in [-0.39, 0.29) is 18.1 Å². The molecule has 134 valence electrons. The lowest BCUT2D eigenvalue weighted by Gasteiger charge is -2.42. The van der Waals surface area contributed by atoms with Gasteiger partial charge in [-0.05, 0) is 44.9 Å². The molecule has 6 heteroatoms. The molecule has 0 aliphatic carbocycles. The predicted octanol–water partition coefficient (Wildman–Crippen LogP) is 2.02. The first kappa shape index (κ1) is 18.7. The van der Waals surface area contributed by atoms with Crippen molar-refractivity contribution in [3.8, 4) is 0 Å². The number of aromatic nitrogens is 1. The predicted molar refractivity (Wildman–Crippen MR) is 94.7 cm³/mol. The molecule has 1 aromatic heterocycles. The summed E-state index contributed by atoms with van der Waals surface area (Å²) >= 11 is 0. The Morgan fingerprint density at radius 3 is 2.62 bits per heavy atom. The smallest absolute Gasteiger partial charge is 0.317 e. The first-order valence-corrected chi connectivity index (χ1v) is 8.72. The molecule has 1 aliphatic rings. The van der Waals surface area contributed by atoms with Crippen LogP contribution in [-0.4, -0.2) is 63.7 Å². The normalized spacial score (nSPS) is 20.7. The van der Waals surface area contributed by atoms with Crippen molar-refractivity contribution in [1.82, 2.24) is 20.1 Å². The van der Waals surface area contributed by atoms with Gasteiger partial charge in [-0.3, -0.25) is 9.88 Å². The number of amides is 2. The van der Waals surface area contributed by atoms with E-state index < -0.39 is 5.60 Å². The molecule has 1 fully saturated rings. The minimum Gasteiger partial charge on any atom is -0.389 e. The molecular formula is C18H30N4O2. The van der Waals surface area contributed by atoms with Crippen LogP contribution >= 0.6 is 0 Å². The van der Waals surface area contributed by atoms with Crippen molar-refractivity contribution in [2.24, 2.45) is 0 Å². The third kappa shape index (κ3) is 5.18. The molecule has 1 saturated heterocycles. The summed E-state index contributed by atoms with van der Waals surface area (Å²) in [5, 5.41) is 13.1. The summed E-state index contributed by atoms with van der Waals surface area (Å²) in [6.45, 7) is 10.6. The Hall–Kier alpha value is -1.66. The minimum absolute atomic E-state index is 0.00482. The number of hydrogen-bond donors (Lipinski definition) is 2. The van der Waals surface area contributed by atoms with E-state index in [1.165, 1.54) is 0 Å². The molecule has 0 bridgehead atoms. The molecule has 0 saturated carbocycles. The summed E-state index contributed by atoms with van der Waals surface area (Å²) in [4.78, 5) is 20.7. The van der Waals surface area contributed by atoms with Gasteiger partial charge >= 0.3 is 6.03 Å². The molecule has 2 amide bonds. The van der Waals surface area contributed by atoms with E-state index in [0.717, 1.165) is 18.5 Å². The molecule has 2 heterocycles. The van der Waals surface area contributed by atoms with Gasteiger partial charge in [-0.15, -0.1) is 0 Å². The van der Waals surface area contributed by atoms with Crippen molar-refractivity contribution in [3.63, 3.8) is 0 Å². The fraction of sp³-hybridized carbons (Fsp3) is 0.667. The van der Waals surface area contributed by atoms with Crippen molar-refractivity contribution in [2.75, 3.05) is 26.2 Å². The van der Waals surface area contributed by atoms with Crippen molar-refractivity contribution in [2.45, 2.75) is 51.8 Å². The Labute approximate surface area is 144 Å². The standard InChI is InChI=1S/C18H30N4O2/c1-5-16(15-6-8-19-9-7-15)20-17(23)21-10-11-22(14(2)12-21)13-18(3,4)24/h6-9,14,16,24H,5,10-13H2,1-4H3,(H,20,23). The van der Waals surface area contributed by atoms with Gasteiger partial charge in [0.2, 0.25) is 0 Å². The molecule has 0 aromatic carbocycles. The van der Waals surface area contributed by atoms with Crippen molar-refractivity contribution in [3.05, 3.63) is 30.1 Å². The van der Waals surface area contributed by atoms with Gasteiger partial charge in [0.05, 0.1) is 11.6 Å². The van der Waals surface area contributed by atoms with E-state index in [2.05, 4.69) is 29.0 Å². The number of β-amino-alcohol motifs (C(OH)–C–C–N with tert-alkyl or cyclic N) is 1. The summed E-state index contributed by atoms with van der Waals surface area (Å²) in [7, 11) is 0. The highest BCUT2D eigenvalue weighted by atomic mass is 16.3. The topological polar surface area (TPSA) is 68.7 Å². The van der Waals surface area contributed by atoms with Gasteiger partial charge in [0.15, 0.2) is 0 Å². The molecule has 2 N–H and O–H groups in total. The second-order valence-electron chi connectivity index (χ2n) is 7.27. The molecular weight excluding hydrogens is 304 g/mol. The van der Waals surface area contributed by atoms with Crippen LogP contribution in [0.15, 0.2) is 24.5 Å². The first-order chi connectivity index (χ1) is 11.3. The van der Waals surface area contributed by atoms with Crippen LogP contribution in [0.5, 0.6) is 0 Å². The lowest BCUT2D eigenvalue weighted by atomic mass is 10.1. The molecule has 2 rings (SSSR count). The molecule has 0 radical (unpaired) electrons. The van der Waals surface area contributed by atoms with Crippen LogP contribution in [0.4, 0.5) is 4.79 Å².